The molecule has 1 saturated heterocycles. The molecule has 0 aromatic rings. The quantitative estimate of drug-likeness (QED) is 0.807. The standard InChI is InChI=1S/C14H23NO5S/c1-10-2-6-14(7-3-10,13(17)18)15-12(16)11-4-8-21(19,20)9-5-11/h10-11H,2-9H2,1H3,(H,15,16)(H,17,18). The predicted molar refractivity (Wildman–Crippen MR) is 77.5 cm³/mol. The van der Waals surface area contributed by atoms with Crippen molar-refractivity contribution in [2.24, 2.45) is 11.8 Å². The van der Waals surface area contributed by atoms with Crippen LogP contribution in [-0.2, 0) is 19.4 Å². The van der Waals surface area contributed by atoms with Gasteiger partial charge in [-0.1, -0.05) is 6.92 Å². The summed E-state index contributed by atoms with van der Waals surface area (Å²) >= 11 is 0. The number of hydrogen-bond donors (Lipinski definition) is 2. The van der Waals surface area contributed by atoms with Gasteiger partial charge in [-0.05, 0) is 44.4 Å². The fourth-order valence-corrected chi connectivity index (χ4v) is 4.63. The number of aliphatic carboxylic acids is 1. The van der Waals surface area contributed by atoms with Gasteiger partial charge in [0.2, 0.25) is 5.91 Å². The summed E-state index contributed by atoms with van der Waals surface area (Å²) in [4.78, 5) is 23.9. The van der Waals surface area contributed by atoms with E-state index in [2.05, 4.69) is 12.2 Å². The lowest BCUT2D eigenvalue weighted by Gasteiger charge is -2.37. The molecule has 2 aliphatic rings. The number of nitrogens with one attached hydrogen (secondary N) is 1. The first-order chi connectivity index (χ1) is 9.74. The minimum absolute atomic E-state index is 0.0161. The summed E-state index contributed by atoms with van der Waals surface area (Å²) in [6.45, 7) is 2.08. The van der Waals surface area contributed by atoms with Crippen molar-refractivity contribution in [3.05, 3.63) is 0 Å². The van der Waals surface area contributed by atoms with Crippen molar-refractivity contribution in [3.63, 3.8) is 0 Å². The molecule has 0 spiro atoms. The van der Waals surface area contributed by atoms with E-state index in [-0.39, 0.29) is 23.3 Å². The zero-order valence-electron chi connectivity index (χ0n) is 12.3. The second kappa shape index (κ2) is 5.94. The van der Waals surface area contributed by atoms with E-state index in [1.54, 1.807) is 0 Å². The number of amides is 1. The van der Waals surface area contributed by atoms with Gasteiger partial charge in [-0.2, -0.15) is 0 Å². The van der Waals surface area contributed by atoms with Gasteiger partial charge in [0, 0.05) is 5.92 Å². The molecule has 2 rings (SSSR count). The number of rotatable bonds is 3. The van der Waals surface area contributed by atoms with E-state index in [1.165, 1.54) is 0 Å². The lowest BCUT2D eigenvalue weighted by molar-refractivity contribution is -0.150. The average Bonchev–Trinajstić information content (AvgIpc) is 2.41. The minimum Gasteiger partial charge on any atom is -0.480 e. The van der Waals surface area contributed by atoms with E-state index in [0.717, 1.165) is 12.8 Å². The molecule has 21 heavy (non-hydrogen) atoms. The van der Waals surface area contributed by atoms with Crippen molar-refractivity contribution in [2.75, 3.05) is 11.5 Å². The van der Waals surface area contributed by atoms with Gasteiger partial charge in [-0.25, -0.2) is 13.2 Å². The highest BCUT2D eigenvalue weighted by atomic mass is 32.2. The van der Waals surface area contributed by atoms with Crippen LogP contribution in [0.4, 0.5) is 0 Å². The molecule has 1 heterocycles. The van der Waals surface area contributed by atoms with Gasteiger partial charge in [0.1, 0.15) is 15.4 Å². The third kappa shape index (κ3) is 3.75. The molecule has 1 aliphatic carbocycles. The van der Waals surface area contributed by atoms with Gasteiger partial charge >= 0.3 is 5.97 Å². The number of carboxylic acid groups (broad SMARTS) is 1. The Morgan fingerprint density at radius 3 is 2.10 bits per heavy atom. The summed E-state index contributed by atoms with van der Waals surface area (Å²) in [5.41, 5.74) is -1.17. The number of carboxylic acids is 1. The van der Waals surface area contributed by atoms with Crippen molar-refractivity contribution in [1.29, 1.82) is 0 Å². The molecule has 7 heteroatoms. The van der Waals surface area contributed by atoms with Crippen molar-refractivity contribution in [3.8, 4) is 0 Å². The van der Waals surface area contributed by atoms with Gasteiger partial charge in [0.15, 0.2) is 0 Å². The molecule has 1 amide bonds. The van der Waals surface area contributed by atoms with Crippen LogP contribution < -0.4 is 5.32 Å². The fraction of sp³-hybridized carbons (Fsp3) is 0.857. The monoisotopic (exact) mass is 317 g/mol. The van der Waals surface area contributed by atoms with E-state index >= 15 is 0 Å². The number of carbonyl (C=O) groups excluding carboxylic acids is 1. The Balaban J connectivity index is 2.01. The first-order valence-corrected chi connectivity index (χ1v) is 9.32. The molecule has 2 N–H and O–H groups in total. The Morgan fingerprint density at radius 2 is 1.62 bits per heavy atom. The highest BCUT2D eigenvalue weighted by molar-refractivity contribution is 7.91. The first-order valence-electron chi connectivity index (χ1n) is 7.50. The third-order valence-corrected chi connectivity index (χ3v) is 6.54. The number of carbonyl (C=O) groups is 2. The number of sulfone groups is 1. The highest BCUT2D eigenvalue weighted by Gasteiger charge is 2.43. The van der Waals surface area contributed by atoms with Gasteiger partial charge in [0.25, 0.3) is 0 Å². The Kier molecular flexibility index (Phi) is 4.60. The molecule has 0 bridgehead atoms. The highest BCUT2D eigenvalue weighted by Crippen LogP contribution is 2.33. The molecule has 6 nitrogen and oxygen atoms in total. The fourth-order valence-electron chi connectivity index (χ4n) is 3.14. The van der Waals surface area contributed by atoms with Gasteiger partial charge in [-0.15, -0.1) is 0 Å². The Labute approximate surface area is 125 Å². The smallest absolute Gasteiger partial charge is 0.329 e. The molecular formula is C14H23NO5S. The van der Waals surface area contributed by atoms with Crippen LogP contribution in [0.15, 0.2) is 0 Å². The summed E-state index contributed by atoms with van der Waals surface area (Å²) in [6, 6.07) is 0. The molecule has 1 saturated carbocycles. The van der Waals surface area contributed by atoms with Crippen LogP contribution in [0.1, 0.15) is 45.4 Å². The number of hydrogen-bond acceptors (Lipinski definition) is 4. The predicted octanol–water partition coefficient (Wildman–Crippen LogP) is 0.961. The van der Waals surface area contributed by atoms with Crippen molar-refractivity contribution >= 4 is 21.7 Å². The van der Waals surface area contributed by atoms with Gasteiger partial charge < -0.3 is 10.4 Å². The first kappa shape index (κ1) is 16.3. The molecule has 0 aromatic carbocycles. The van der Waals surface area contributed by atoms with E-state index < -0.39 is 21.3 Å². The van der Waals surface area contributed by atoms with E-state index in [0.29, 0.717) is 31.6 Å². The van der Waals surface area contributed by atoms with Gasteiger partial charge in [-0.3, -0.25) is 4.79 Å². The molecule has 0 atom stereocenters. The van der Waals surface area contributed by atoms with Crippen LogP contribution in [0.3, 0.4) is 0 Å². The molecule has 2 fully saturated rings. The van der Waals surface area contributed by atoms with Crippen LogP contribution in [-0.4, -0.2) is 42.4 Å². The average molecular weight is 317 g/mol. The zero-order valence-corrected chi connectivity index (χ0v) is 13.1. The SMILES string of the molecule is CC1CCC(NC(=O)C2CCS(=O)(=O)CC2)(C(=O)O)CC1. The topological polar surface area (TPSA) is 101 Å². The summed E-state index contributed by atoms with van der Waals surface area (Å²) in [6.07, 6.45) is 3.04. The maximum Gasteiger partial charge on any atom is 0.329 e. The largest absolute Gasteiger partial charge is 0.480 e. The lowest BCUT2D eigenvalue weighted by Crippen LogP contribution is -2.58. The third-order valence-electron chi connectivity index (χ3n) is 4.83. The second-order valence-electron chi connectivity index (χ2n) is 6.49. The molecular weight excluding hydrogens is 294 g/mol. The van der Waals surface area contributed by atoms with Crippen LogP contribution >= 0.6 is 0 Å². The Hall–Kier alpha value is -1.11. The van der Waals surface area contributed by atoms with Crippen LogP contribution in [0.25, 0.3) is 0 Å². The molecule has 120 valence electrons. The normalized spacial score (nSPS) is 33.3. The lowest BCUT2D eigenvalue weighted by atomic mass is 9.76. The Morgan fingerprint density at radius 1 is 1.10 bits per heavy atom. The van der Waals surface area contributed by atoms with E-state index in [1.807, 2.05) is 0 Å². The van der Waals surface area contributed by atoms with Crippen LogP contribution in [0, 0.1) is 11.8 Å². The van der Waals surface area contributed by atoms with E-state index in [9.17, 15) is 23.1 Å². The van der Waals surface area contributed by atoms with Crippen molar-refractivity contribution < 1.29 is 23.1 Å². The van der Waals surface area contributed by atoms with Crippen LogP contribution in [0.2, 0.25) is 0 Å². The molecule has 0 radical (unpaired) electrons. The summed E-state index contributed by atoms with van der Waals surface area (Å²) in [7, 11) is -3.02. The summed E-state index contributed by atoms with van der Waals surface area (Å²) in [5.74, 6) is -1.16. The maximum absolute atomic E-state index is 12.3. The van der Waals surface area contributed by atoms with E-state index in [4.69, 9.17) is 0 Å². The van der Waals surface area contributed by atoms with Crippen molar-refractivity contribution in [1.82, 2.24) is 5.32 Å². The summed E-state index contributed by atoms with van der Waals surface area (Å²) < 4.78 is 22.8. The molecule has 0 aromatic heterocycles. The maximum atomic E-state index is 12.3. The zero-order chi connectivity index (χ0) is 15.7. The van der Waals surface area contributed by atoms with Crippen LogP contribution in [0.5, 0.6) is 0 Å². The molecule has 1 aliphatic heterocycles. The second-order valence-corrected chi connectivity index (χ2v) is 8.79. The summed E-state index contributed by atoms with van der Waals surface area (Å²) in [5, 5.41) is 12.2. The Bertz CT molecular complexity index is 505. The minimum atomic E-state index is -3.02. The van der Waals surface area contributed by atoms with Crippen molar-refractivity contribution in [2.45, 2.75) is 51.0 Å². The molecule has 0 unspecified atom stereocenters. The van der Waals surface area contributed by atoms with Gasteiger partial charge in [0.05, 0.1) is 11.5 Å².